The van der Waals surface area contributed by atoms with Crippen LogP contribution in [0.15, 0.2) is 23.1 Å². The van der Waals surface area contributed by atoms with Crippen LogP contribution in [-0.4, -0.2) is 52.2 Å². The second-order valence-corrected chi connectivity index (χ2v) is 7.03. The maximum absolute atomic E-state index is 12.7. The van der Waals surface area contributed by atoms with Gasteiger partial charge in [0.15, 0.2) is 11.5 Å². The van der Waals surface area contributed by atoms with Crippen molar-refractivity contribution in [2.45, 2.75) is 31.0 Å². The van der Waals surface area contributed by atoms with E-state index in [-0.39, 0.29) is 17.1 Å². The zero-order chi connectivity index (χ0) is 15.6. The van der Waals surface area contributed by atoms with Crippen LogP contribution in [0.5, 0.6) is 11.5 Å². The van der Waals surface area contributed by atoms with Crippen molar-refractivity contribution in [2.75, 3.05) is 27.3 Å². The molecule has 2 atom stereocenters. The predicted octanol–water partition coefficient (Wildman–Crippen LogP) is 1.50. The molecule has 0 amide bonds. The van der Waals surface area contributed by atoms with Crippen molar-refractivity contribution in [1.82, 2.24) is 4.31 Å². The fourth-order valence-corrected chi connectivity index (χ4v) is 4.06. The minimum Gasteiger partial charge on any atom is -0.493 e. The summed E-state index contributed by atoms with van der Waals surface area (Å²) in [4.78, 5) is 0.196. The maximum Gasteiger partial charge on any atom is 0.243 e. The molecule has 21 heavy (non-hydrogen) atoms. The van der Waals surface area contributed by atoms with E-state index in [0.717, 1.165) is 0 Å². The van der Waals surface area contributed by atoms with Crippen LogP contribution in [-0.2, 0) is 14.8 Å². The number of hydrogen-bond acceptors (Lipinski definition) is 5. The Labute approximate surface area is 125 Å². The van der Waals surface area contributed by atoms with Gasteiger partial charge in [0.1, 0.15) is 0 Å². The Bertz CT molecular complexity index is 591. The van der Waals surface area contributed by atoms with E-state index in [2.05, 4.69) is 0 Å². The molecule has 0 aromatic heterocycles. The number of benzene rings is 1. The minimum atomic E-state index is -3.57. The Balaban J connectivity index is 2.35. The normalized spacial score (nSPS) is 23.8. The van der Waals surface area contributed by atoms with Crippen molar-refractivity contribution in [3.05, 3.63) is 18.2 Å². The van der Waals surface area contributed by atoms with Crippen LogP contribution >= 0.6 is 0 Å². The molecule has 0 bridgehead atoms. The van der Waals surface area contributed by atoms with E-state index in [1.807, 2.05) is 13.8 Å². The molecule has 0 saturated carbocycles. The molecular weight excluding hydrogens is 294 g/mol. The third-order valence-corrected chi connectivity index (χ3v) is 5.21. The molecular formula is C14H21NO5S. The van der Waals surface area contributed by atoms with E-state index < -0.39 is 10.0 Å². The van der Waals surface area contributed by atoms with Gasteiger partial charge in [-0.1, -0.05) is 0 Å². The molecule has 1 saturated heterocycles. The molecule has 1 aromatic rings. The van der Waals surface area contributed by atoms with Crippen molar-refractivity contribution in [2.24, 2.45) is 0 Å². The first kappa shape index (κ1) is 16.1. The SMILES string of the molecule is COc1ccc(S(=O)(=O)N2C[C@H](C)O[C@@H](C)C2)cc1OC. The predicted molar refractivity (Wildman–Crippen MR) is 78.3 cm³/mol. The Morgan fingerprint density at radius 3 is 2.19 bits per heavy atom. The summed E-state index contributed by atoms with van der Waals surface area (Å²) in [6.07, 6.45) is -0.243. The van der Waals surface area contributed by atoms with Gasteiger partial charge in [-0.2, -0.15) is 4.31 Å². The fraction of sp³-hybridized carbons (Fsp3) is 0.571. The summed E-state index contributed by atoms with van der Waals surface area (Å²) >= 11 is 0. The molecule has 0 radical (unpaired) electrons. The van der Waals surface area contributed by atoms with Crippen LogP contribution < -0.4 is 9.47 Å². The molecule has 1 fully saturated rings. The molecule has 1 aliphatic rings. The molecule has 6 nitrogen and oxygen atoms in total. The van der Waals surface area contributed by atoms with Crippen LogP contribution in [0.2, 0.25) is 0 Å². The number of rotatable bonds is 4. The summed E-state index contributed by atoms with van der Waals surface area (Å²) in [6, 6.07) is 4.61. The Morgan fingerprint density at radius 2 is 1.67 bits per heavy atom. The summed E-state index contributed by atoms with van der Waals surface area (Å²) < 4.78 is 42.8. The van der Waals surface area contributed by atoms with E-state index in [1.165, 1.54) is 30.7 Å². The molecule has 118 valence electrons. The molecule has 0 N–H and O–H groups in total. The first-order valence-corrected chi connectivity index (χ1v) is 8.20. The van der Waals surface area contributed by atoms with Gasteiger partial charge in [0.05, 0.1) is 31.3 Å². The van der Waals surface area contributed by atoms with Crippen LogP contribution in [0, 0.1) is 0 Å². The number of hydrogen-bond donors (Lipinski definition) is 0. The van der Waals surface area contributed by atoms with Gasteiger partial charge < -0.3 is 14.2 Å². The monoisotopic (exact) mass is 315 g/mol. The van der Waals surface area contributed by atoms with E-state index in [9.17, 15) is 8.42 Å². The molecule has 1 aliphatic heterocycles. The van der Waals surface area contributed by atoms with Gasteiger partial charge in [-0.3, -0.25) is 0 Å². The topological polar surface area (TPSA) is 65.1 Å². The molecule has 7 heteroatoms. The molecule has 0 aliphatic carbocycles. The van der Waals surface area contributed by atoms with Crippen LogP contribution in [0.25, 0.3) is 0 Å². The first-order chi connectivity index (χ1) is 9.88. The highest BCUT2D eigenvalue weighted by atomic mass is 32.2. The quantitative estimate of drug-likeness (QED) is 0.842. The van der Waals surface area contributed by atoms with Crippen molar-refractivity contribution in [1.29, 1.82) is 0 Å². The summed E-state index contributed by atoms with van der Waals surface area (Å²) in [5, 5.41) is 0. The standard InChI is InChI=1S/C14H21NO5S/c1-10-8-15(9-11(2)20-10)21(16,17)12-5-6-13(18-3)14(7-12)19-4/h5-7,10-11H,8-9H2,1-4H3/t10-,11-/m0/s1. The lowest BCUT2D eigenvalue weighted by atomic mass is 10.3. The molecule has 0 spiro atoms. The van der Waals surface area contributed by atoms with Crippen LogP contribution in [0.3, 0.4) is 0 Å². The number of morpholine rings is 1. The summed E-state index contributed by atoms with van der Waals surface area (Å²) in [7, 11) is -0.577. The van der Waals surface area contributed by atoms with Gasteiger partial charge in [-0.25, -0.2) is 8.42 Å². The van der Waals surface area contributed by atoms with Crippen LogP contribution in [0.1, 0.15) is 13.8 Å². The van der Waals surface area contributed by atoms with E-state index in [1.54, 1.807) is 6.07 Å². The lowest BCUT2D eigenvalue weighted by molar-refractivity contribution is -0.0440. The van der Waals surface area contributed by atoms with Gasteiger partial charge in [0, 0.05) is 19.2 Å². The van der Waals surface area contributed by atoms with Gasteiger partial charge in [0.25, 0.3) is 0 Å². The highest BCUT2D eigenvalue weighted by molar-refractivity contribution is 7.89. The van der Waals surface area contributed by atoms with Crippen molar-refractivity contribution < 1.29 is 22.6 Å². The minimum absolute atomic E-state index is 0.122. The van der Waals surface area contributed by atoms with Crippen molar-refractivity contribution >= 4 is 10.0 Å². The van der Waals surface area contributed by atoms with Crippen molar-refractivity contribution in [3.63, 3.8) is 0 Å². The maximum atomic E-state index is 12.7. The molecule has 1 aromatic carbocycles. The average molecular weight is 315 g/mol. The average Bonchev–Trinajstić information content (AvgIpc) is 2.45. The lowest BCUT2D eigenvalue weighted by Gasteiger charge is -2.34. The molecule has 1 heterocycles. The van der Waals surface area contributed by atoms with E-state index in [4.69, 9.17) is 14.2 Å². The zero-order valence-electron chi connectivity index (χ0n) is 12.7. The second-order valence-electron chi connectivity index (χ2n) is 5.10. The summed E-state index contributed by atoms with van der Waals surface area (Å²) in [5.74, 6) is 0.896. The summed E-state index contributed by atoms with van der Waals surface area (Å²) in [6.45, 7) is 4.43. The Kier molecular flexibility index (Phi) is 4.75. The van der Waals surface area contributed by atoms with Gasteiger partial charge >= 0.3 is 0 Å². The Morgan fingerprint density at radius 1 is 1.10 bits per heavy atom. The smallest absolute Gasteiger partial charge is 0.243 e. The summed E-state index contributed by atoms with van der Waals surface area (Å²) in [5.41, 5.74) is 0. The Hall–Kier alpha value is -1.31. The van der Waals surface area contributed by atoms with E-state index >= 15 is 0 Å². The number of sulfonamides is 1. The highest BCUT2D eigenvalue weighted by Crippen LogP contribution is 2.31. The van der Waals surface area contributed by atoms with Crippen LogP contribution in [0.4, 0.5) is 0 Å². The number of methoxy groups -OCH3 is 2. The molecule has 0 unspecified atom stereocenters. The largest absolute Gasteiger partial charge is 0.493 e. The lowest BCUT2D eigenvalue weighted by Crippen LogP contribution is -2.48. The number of nitrogens with zero attached hydrogens (tertiary/aromatic N) is 1. The second kappa shape index (κ2) is 6.21. The van der Waals surface area contributed by atoms with Gasteiger partial charge in [-0.05, 0) is 26.0 Å². The van der Waals surface area contributed by atoms with Gasteiger partial charge in [-0.15, -0.1) is 0 Å². The fourth-order valence-electron chi connectivity index (χ4n) is 2.45. The van der Waals surface area contributed by atoms with Crippen molar-refractivity contribution in [3.8, 4) is 11.5 Å². The third kappa shape index (κ3) is 3.30. The third-order valence-electron chi connectivity index (χ3n) is 3.38. The first-order valence-electron chi connectivity index (χ1n) is 6.76. The highest BCUT2D eigenvalue weighted by Gasteiger charge is 2.32. The van der Waals surface area contributed by atoms with E-state index in [0.29, 0.717) is 24.6 Å². The molecule has 2 rings (SSSR count). The van der Waals surface area contributed by atoms with Gasteiger partial charge in [0.2, 0.25) is 10.0 Å². The zero-order valence-corrected chi connectivity index (χ0v) is 13.5. The number of ether oxygens (including phenoxy) is 3.